The summed E-state index contributed by atoms with van der Waals surface area (Å²) in [6.07, 6.45) is -11.7. The van der Waals surface area contributed by atoms with E-state index in [2.05, 4.69) is 6.58 Å². The molecule has 0 heterocycles. The number of unbranched alkanes of at least 4 members (excludes halogenated alkanes) is 1. The first-order chi connectivity index (χ1) is 14.7. The molecular formula is C15H12F17NO. The lowest BCUT2D eigenvalue weighted by Crippen LogP contribution is -2.74. The molecule has 0 fully saturated rings. The number of halogens is 17. The second-order valence-corrected chi connectivity index (χ2v) is 6.60. The number of rotatable bonds is 12. The Kier molecular flexibility index (Phi) is 8.70. The van der Waals surface area contributed by atoms with Crippen LogP contribution in [0.15, 0.2) is 12.7 Å². The summed E-state index contributed by atoms with van der Waals surface area (Å²) < 4.78 is 222. The molecule has 1 amide bonds. The van der Waals surface area contributed by atoms with Crippen molar-refractivity contribution in [1.29, 1.82) is 0 Å². The number of amides is 1. The summed E-state index contributed by atoms with van der Waals surface area (Å²) in [6, 6.07) is 0. The Morgan fingerprint density at radius 3 is 1.29 bits per heavy atom. The van der Waals surface area contributed by atoms with E-state index in [1.165, 1.54) is 0 Å². The lowest BCUT2D eigenvalue weighted by atomic mass is 9.88. The van der Waals surface area contributed by atoms with E-state index >= 15 is 0 Å². The zero-order valence-corrected chi connectivity index (χ0v) is 15.9. The van der Waals surface area contributed by atoms with Crippen molar-refractivity contribution >= 4 is 5.91 Å². The third kappa shape index (κ3) is 4.87. The fourth-order valence-electron chi connectivity index (χ4n) is 2.11. The van der Waals surface area contributed by atoms with Crippen molar-refractivity contribution < 1.29 is 79.4 Å². The van der Waals surface area contributed by atoms with Gasteiger partial charge in [0.2, 0.25) is 5.91 Å². The fourth-order valence-corrected chi connectivity index (χ4v) is 2.11. The van der Waals surface area contributed by atoms with E-state index in [0.29, 0.717) is 6.08 Å². The summed E-state index contributed by atoms with van der Waals surface area (Å²) in [5.74, 6) is -57.2. The smallest absolute Gasteiger partial charge is 0.353 e. The molecule has 0 saturated heterocycles. The van der Waals surface area contributed by atoms with Crippen molar-refractivity contribution in [3.63, 3.8) is 0 Å². The van der Waals surface area contributed by atoms with E-state index in [0.717, 1.165) is 0 Å². The number of nitrogens with one attached hydrogen (secondary N) is 1. The molecule has 0 spiro atoms. The molecular weight excluding hydrogens is 533 g/mol. The molecule has 0 aliphatic rings. The quantitative estimate of drug-likeness (QED) is 0.170. The maximum absolute atomic E-state index is 13.6. The first kappa shape index (κ1) is 32.0. The van der Waals surface area contributed by atoms with Gasteiger partial charge in [-0.25, -0.2) is 0 Å². The minimum atomic E-state index is -8.63. The molecule has 0 aromatic rings. The maximum atomic E-state index is 13.6. The third-order valence-electron chi connectivity index (χ3n) is 4.19. The highest BCUT2D eigenvalue weighted by molar-refractivity contribution is 5.86. The van der Waals surface area contributed by atoms with Gasteiger partial charge in [0.25, 0.3) is 0 Å². The van der Waals surface area contributed by atoms with Gasteiger partial charge >= 0.3 is 47.6 Å². The topological polar surface area (TPSA) is 29.1 Å². The van der Waals surface area contributed by atoms with Crippen LogP contribution in [0.1, 0.15) is 19.3 Å². The average molecular weight is 545 g/mol. The second kappa shape index (κ2) is 9.23. The SMILES string of the molecule is C=CC(=O)NCCCCC(F)(F)C(F)(F)C(F)(F)C(F)(F)C(F)(F)C(F)(F)C(F)(F)C(F)(F)F. The van der Waals surface area contributed by atoms with Crippen LogP contribution in [0.5, 0.6) is 0 Å². The van der Waals surface area contributed by atoms with Gasteiger partial charge in [-0.3, -0.25) is 4.79 Å². The Balaban J connectivity index is 6.11. The summed E-state index contributed by atoms with van der Waals surface area (Å²) in [4.78, 5) is 10.7. The molecule has 0 saturated carbocycles. The van der Waals surface area contributed by atoms with Gasteiger partial charge in [0.15, 0.2) is 0 Å². The van der Waals surface area contributed by atoms with Gasteiger partial charge < -0.3 is 5.32 Å². The molecule has 202 valence electrons. The molecule has 34 heavy (non-hydrogen) atoms. The van der Waals surface area contributed by atoms with Crippen LogP contribution in [0.4, 0.5) is 74.6 Å². The van der Waals surface area contributed by atoms with Crippen LogP contribution in [0, 0.1) is 0 Å². The first-order valence-corrected chi connectivity index (χ1v) is 8.32. The Morgan fingerprint density at radius 2 is 0.941 bits per heavy atom. The van der Waals surface area contributed by atoms with Crippen molar-refractivity contribution in [1.82, 2.24) is 5.32 Å². The van der Waals surface area contributed by atoms with E-state index in [4.69, 9.17) is 0 Å². The van der Waals surface area contributed by atoms with Gasteiger partial charge in [0.05, 0.1) is 0 Å². The molecule has 19 heteroatoms. The number of carbonyl (C=O) groups is 1. The molecule has 0 aliphatic carbocycles. The summed E-state index contributed by atoms with van der Waals surface area (Å²) >= 11 is 0. The summed E-state index contributed by atoms with van der Waals surface area (Å²) in [5, 5.41) is 1.87. The molecule has 0 atom stereocenters. The molecule has 2 nitrogen and oxygen atoms in total. The number of carbonyl (C=O) groups excluding carboxylic acids is 1. The van der Waals surface area contributed by atoms with E-state index in [9.17, 15) is 79.4 Å². The number of hydrogen-bond donors (Lipinski definition) is 1. The zero-order chi connectivity index (χ0) is 27.8. The van der Waals surface area contributed by atoms with Crippen LogP contribution in [0.3, 0.4) is 0 Å². The molecule has 0 bridgehead atoms. The first-order valence-electron chi connectivity index (χ1n) is 8.32. The Morgan fingerprint density at radius 1 is 0.588 bits per heavy atom. The molecule has 1 N–H and O–H groups in total. The highest BCUT2D eigenvalue weighted by atomic mass is 19.4. The molecule has 0 unspecified atom stereocenters. The summed E-state index contributed by atoms with van der Waals surface area (Å²) in [7, 11) is 0. The number of hydrogen-bond acceptors (Lipinski definition) is 1. The molecule has 0 aromatic heterocycles. The molecule has 0 aromatic carbocycles. The van der Waals surface area contributed by atoms with Crippen molar-refractivity contribution in [2.75, 3.05) is 6.54 Å². The van der Waals surface area contributed by atoms with Crippen LogP contribution in [-0.4, -0.2) is 60.1 Å². The lowest BCUT2D eigenvalue weighted by molar-refractivity contribution is -0.461. The van der Waals surface area contributed by atoms with Gasteiger partial charge in [-0.1, -0.05) is 6.58 Å². The van der Waals surface area contributed by atoms with Gasteiger partial charge in [-0.15, -0.1) is 0 Å². The van der Waals surface area contributed by atoms with E-state index in [-0.39, 0.29) is 0 Å². The molecule has 0 rings (SSSR count). The van der Waals surface area contributed by atoms with Crippen LogP contribution >= 0.6 is 0 Å². The van der Waals surface area contributed by atoms with Crippen LogP contribution in [-0.2, 0) is 4.79 Å². The van der Waals surface area contributed by atoms with Crippen molar-refractivity contribution in [3.8, 4) is 0 Å². The van der Waals surface area contributed by atoms with Gasteiger partial charge in [0, 0.05) is 13.0 Å². The van der Waals surface area contributed by atoms with Crippen LogP contribution in [0.2, 0.25) is 0 Å². The van der Waals surface area contributed by atoms with Gasteiger partial charge in [-0.05, 0) is 18.9 Å². The zero-order valence-electron chi connectivity index (χ0n) is 15.9. The van der Waals surface area contributed by atoms with E-state index in [1.807, 2.05) is 5.32 Å². The predicted octanol–water partition coefficient (Wildman–Crippen LogP) is 6.47. The standard InChI is InChI=1S/C15H12F17NO/c1-2-7(34)33-6-4-3-5-8(16,17)9(18,19)10(20,21)11(22,23)12(24,25)13(26,27)14(28,29)15(30,31)32/h2H,1,3-6H2,(H,33,34). The monoisotopic (exact) mass is 545 g/mol. The maximum Gasteiger partial charge on any atom is 0.460 e. The number of alkyl halides is 17. The van der Waals surface area contributed by atoms with Crippen molar-refractivity contribution in [3.05, 3.63) is 12.7 Å². The highest BCUT2D eigenvalue weighted by Gasteiger charge is 2.95. The van der Waals surface area contributed by atoms with Crippen molar-refractivity contribution in [2.45, 2.75) is 66.9 Å². The normalized spacial score (nSPS) is 15.3. The average Bonchev–Trinajstić information content (AvgIpc) is 2.65. The largest absolute Gasteiger partial charge is 0.460 e. The minimum absolute atomic E-state index is 0.601. The molecule has 0 aliphatic heterocycles. The van der Waals surface area contributed by atoms with Gasteiger partial charge in [-0.2, -0.15) is 74.6 Å². The highest BCUT2D eigenvalue weighted by Crippen LogP contribution is 2.64. The minimum Gasteiger partial charge on any atom is -0.353 e. The van der Waals surface area contributed by atoms with E-state index in [1.54, 1.807) is 0 Å². The second-order valence-electron chi connectivity index (χ2n) is 6.60. The predicted molar refractivity (Wildman–Crippen MR) is 77.7 cm³/mol. The van der Waals surface area contributed by atoms with Crippen molar-refractivity contribution in [2.24, 2.45) is 0 Å². The third-order valence-corrected chi connectivity index (χ3v) is 4.19. The molecule has 0 radical (unpaired) electrons. The fraction of sp³-hybridized carbons (Fsp3) is 0.800. The Labute approximate surface area is 178 Å². The lowest BCUT2D eigenvalue weighted by Gasteiger charge is -2.42. The summed E-state index contributed by atoms with van der Waals surface area (Å²) in [5.41, 5.74) is 0. The van der Waals surface area contributed by atoms with E-state index < -0.39 is 79.3 Å². The van der Waals surface area contributed by atoms with Crippen LogP contribution < -0.4 is 5.32 Å². The Bertz CT molecular complexity index is 740. The Hall–Kier alpha value is -1.98. The van der Waals surface area contributed by atoms with Gasteiger partial charge in [0.1, 0.15) is 0 Å². The summed E-state index contributed by atoms with van der Waals surface area (Å²) in [6.45, 7) is 2.34. The van der Waals surface area contributed by atoms with Crippen LogP contribution in [0.25, 0.3) is 0 Å².